The fourth-order valence-corrected chi connectivity index (χ4v) is 11.5. The Morgan fingerprint density at radius 2 is 0.910 bits per heavy atom. The van der Waals surface area contributed by atoms with Gasteiger partial charge in [-0.05, 0) is 98.9 Å². The number of hydrogen-bond acceptors (Lipinski definition) is 7. The molecular formula is C51H51Cl4N6O4S2+. The van der Waals surface area contributed by atoms with Crippen molar-refractivity contribution >= 4 is 91.2 Å². The Bertz CT molecular complexity index is 2840. The van der Waals surface area contributed by atoms with Crippen molar-refractivity contribution in [1.29, 1.82) is 0 Å². The van der Waals surface area contributed by atoms with Crippen LogP contribution in [0.1, 0.15) is 68.7 Å². The topological polar surface area (TPSA) is 112 Å². The number of nitrogens with zero attached hydrogens (tertiary/aromatic N) is 6. The lowest BCUT2D eigenvalue weighted by Crippen LogP contribution is -2.42. The fraction of sp³-hybridized carbons (Fsp3) is 0.294. The normalized spacial score (nSPS) is 13.4. The lowest BCUT2D eigenvalue weighted by molar-refractivity contribution is -0.888. The average Bonchev–Trinajstić information content (AvgIpc) is 4.01. The first-order valence-electron chi connectivity index (χ1n) is 22.2. The van der Waals surface area contributed by atoms with Gasteiger partial charge in [-0.15, -0.1) is 0 Å². The molecule has 0 saturated heterocycles. The molecular weight excluding hydrogens is 967 g/mol. The molecule has 2 N–H and O–H groups in total. The number of fused-ring (bicyclic) bond motifs is 2. The number of halogens is 4. The molecule has 4 aromatic carbocycles. The predicted molar refractivity (Wildman–Crippen MR) is 279 cm³/mol. The third-order valence-corrected chi connectivity index (χ3v) is 15.6. The van der Waals surface area contributed by atoms with Crippen molar-refractivity contribution in [2.75, 3.05) is 58.8 Å². The lowest BCUT2D eigenvalue weighted by Gasteiger charge is -2.29. The minimum absolute atomic E-state index is 0.0334. The molecule has 0 bridgehead atoms. The van der Waals surface area contributed by atoms with Crippen molar-refractivity contribution in [3.8, 4) is 34.3 Å². The Labute approximate surface area is 419 Å². The Morgan fingerprint density at radius 3 is 1.34 bits per heavy atom. The van der Waals surface area contributed by atoms with Gasteiger partial charge in [0.1, 0.15) is 0 Å². The van der Waals surface area contributed by atoms with Crippen molar-refractivity contribution < 1.29 is 24.3 Å². The summed E-state index contributed by atoms with van der Waals surface area (Å²) in [7, 11) is 10.5. The summed E-state index contributed by atoms with van der Waals surface area (Å²) in [6.45, 7) is 4.93. The standard InChI is InChI=1S/C51H50Cl4N6O4S2/c1-58(24-4-5-25-59-46(34-12-20-38(54)21-13-34)42-40(50(59)64)44(56-48(42)62)32-8-16-36(52)17-9-32)27-30-66-67-31-29-61(2,3)28-7-6-26-60-47(35-14-22-39(55)23-15-35)43-41(51(60)65)45(57-49(43)63)33-10-18-37(53)19-11-33/h8-23H,4-7,24-31H2,1-3H3,(H-,56,57,62,63,64,65)/p+1. The summed E-state index contributed by atoms with van der Waals surface area (Å²) in [6.07, 6.45) is 3.48. The number of aromatic hydroxyl groups is 2. The van der Waals surface area contributed by atoms with E-state index >= 15 is 0 Å². The van der Waals surface area contributed by atoms with Crippen LogP contribution in [0.3, 0.4) is 0 Å². The van der Waals surface area contributed by atoms with Gasteiger partial charge in [-0.25, -0.2) is 9.98 Å². The van der Waals surface area contributed by atoms with Crippen LogP contribution >= 0.6 is 68.0 Å². The summed E-state index contributed by atoms with van der Waals surface area (Å²) in [5.41, 5.74) is 6.91. The number of hydrogen-bond donors (Lipinski definition) is 2. The third kappa shape index (κ3) is 11.0. The molecule has 0 saturated carbocycles. The second-order valence-electron chi connectivity index (χ2n) is 17.5. The van der Waals surface area contributed by atoms with E-state index < -0.39 is 0 Å². The number of unbranched alkanes of at least 4 members (excludes halogenated alkanes) is 2. The maximum Gasteiger partial charge on any atom is 0.280 e. The van der Waals surface area contributed by atoms with Crippen LogP contribution < -0.4 is 0 Å². The molecule has 4 heterocycles. The second-order valence-corrected chi connectivity index (χ2v) is 21.9. The summed E-state index contributed by atoms with van der Waals surface area (Å²) >= 11 is 24.7. The van der Waals surface area contributed by atoms with Gasteiger partial charge >= 0.3 is 0 Å². The van der Waals surface area contributed by atoms with Gasteiger partial charge in [-0.1, -0.05) is 117 Å². The molecule has 0 unspecified atom stereocenters. The molecule has 8 rings (SSSR count). The Kier molecular flexibility index (Phi) is 15.7. The van der Waals surface area contributed by atoms with Gasteiger partial charge in [0.2, 0.25) is 11.8 Å². The van der Waals surface area contributed by atoms with Crippen molar-refractivity contribution in [2.45, 2.75) is 38.8 Å². The zero-order valence-corrected chi connectivity index (χ0v) is 42.1. The number of quaternary nitrogens is 1. The molecule has 0 aliphatic carbocycles. The van der Waals surface area contributed by atoms with E-state index in [1.165, 1.54) is 0 Å². The van der Waals surface area contributed by atoms with Gasteiger partial charge in [-0.3, -0.25) is 9.59 Å². The lowest BCUT2D eigenvalue weighted by atomic mass is 10.0. The van der Waals surface area contributed by atoms with Gasteiger partial charge in [0.05, 0.1) is 78.0 Å². The van der Waals surface area contributed by atoms with Crippen LogP contribution in [-0.4, -0.2) is 111 Å². The summed E-state index contributed by atoms with van der Waals surface area (Å²) in [4.78, 5) is 37.9. The fourth-order valence-electron chi connectivity index (χ4n) is 8.67. The van der Waals surface area contributed by atoms with Crippen LogP contribution in [0.5, 0.6) is 11.8 Å². The van der Waals surface area contributed by atoms with E-state index in [2.05, 4.69) is 36.0 Å². The molecule has 67 heavy (non-hydrogen) atoms. The minimum atomic E-state index is -0.378. The first kappa shape index (κ1) is 48.9. The van der Waals surface area contributed by atoms with Crippen molar-refractivity contribution in [1.82, 2.24) is 14.0 Å². The summed E-state index contributed by atoms with van der Waals surface area (Å²) in [6, 6.07) is 28.9. The highest BCUT2D eigenvalue weighted by Crippen LogP contribution is 2.43. The van der Waals surface area contributed by atoms with Gasteiger partial charge in [-0.2, -0.15) is 0 Å². The molecule has 0 atom stereocenters. The number of aliphatic imine (C=N–C) groups is 2. The zero-order chi connectivity index (χ0) is 47.4. The van der Waals surface area contributed by atoms with Crippen LogP contribution in [0.15, 0.2) is 107 Å². The van der Waals surface area contributed by atoms with Gasteiger partial charge < -0.3 is 28.7 Å². The van der Waals surface area contributed by atoms with E-state index in [9.17, 15) is 19.8 Å². The number of carbonyl (C=O) groups is 2. The van der Waals surface area contributed by atoms with Gasteiger partial charge in [0, 0.05) is 56.6 Å². The van der Waals surface area contributed by atoms with Crippen LogP contribution in [0.4, 0.5) is 0 Å². The maximum absolute atomic E-state index is 13.4. The maximum atomic E-state index is 13.4. The van der Waals surface area contributed by atoms with Crippen molar-refractivity contribution in [3.63, 3.8) is 0 Å². The molecule has 0 radical (unpaired) electrons. The van der Waals surface area contributed by atoms with Crippen LogP contribution in [0.25, 0.3) is 22.5 Å². The van der Waals surface area contributed by atoms with Crippen LogP contribution in [-0.2, 0) is 13.1 Å². The first-order chi connectivity index (χ1) is 32.2. The van der Waals surface area contributed by atoms with E-state index in [4.69, 9.17) is 46.4 Å². The minimum Gasteiger partial charge on any atom is -0.494 e. The zero-order valence-electron chi connectivity index (χ0n) is 37.4. The molecule has 0 spiro atoms. The number of rotatable bonds is 21. The number of benzene rings is 4. The summed E-state index contributed by atoms with van der Waals surface area (Å²) in [5, 5.41) is 25.7. The molecule has 348 valence electrons. The Balaban J connectivity index is 0.786. The predicted octanol–water partition coefficient (Wildman–Crippen LogP) is 12.3. The monoisotopic (exact) mass is 1020 g/mol. The largest absolute Gasteiger partial charge is 0.494 e. The van der Waals surface area contributed by atoms with Crippen molar-refractivity contribution in [2.24, 2.45) is 9.98 Å². The molecule has 2 aromatic heterocycles. The molecule has 2 amide bonds. The quantitative estimate of drug-likeness (QED) is 0.0419. The third-order valence-electron chi connectivity index (χ3n) is 12.3. The number of carbonyl (C=O) groups excluding carboxylic acids is 2. The molecule has 2 aliphatic heterocycles. The van der Waals surface area contributed by atoms with Crippen molar-refractivity contribution in [3.05, 3.63) is 151 Å². The molecule has 6 aromatic rings. The number of aromatic nitrogens is 2. The van der Waals surface area contributed by atoms with E-state index in [0.29, 0.717) is 89.4 Å². The van der Waals surface area contributed by atoms with E-state index in [1.54, 1.807) is 48.5 Å². The summed E-state index contributed by atoms with van der Waals surface area (Å²) in [5.74, 6) is 1.34. The van der Waals surface area contributed by atoms with Crippen LogP contribution in [0.2, 0.25) is 20.1 Å². The SMILES string of the molecule is CN(CCCCn1c(O)c2c(c1-c1ccc(Cl)cc1)C(=O)N=C2c1ccc(Cl)cc1)CCSSCC[N+](C)(C)CCCCn1c(O)c2c(c1-c1ccc(Cl)cc1)C(=O)N=C2c1ccc(Cl)cc1. The molecule has 10 nitrogen and oxygen atoms in total. The highest BCUT2D eigenvalue weighted by atomic mass is 35.5. The summed E-state index contributed by atoms with van der Waals surface area (Å²) < 4.78 is 4.58. The Morgan fingerprint density at radius 1 is 0.522 bits per heavy atom. The highest BCUT2D eigenvalue weighted by molar-refractivity contribution is 8.76. The molecule has 16 heteroatoms. The molecule has 0 fully saturated rings. The smallest absolute Gasteiger partial charge is 0.280 e. The van der Waals surface area contributed by atoms with E-state index in [0.717, 1.165) is 79.0 Å². The highest BCUT2D eigenvalue weighted by Gasteiger charge is 2.37. The first-order valence-corrected chi connectivity index (χ1v) is 26.2. The van der Waals surface area contributed by atoms with Gasteiger partial charge in [0.25, 0.3) is 11.8 Å². The number of amides is 2. The van der Waals surface area contributed by atoms with E-state index in [-0.39, 0.29) is 23.6 Å². The van der Waals surface area contributed by atoms with Crippen LogP contribution in [0, 0.1) is 0 Å². The van der Waals surface area contributed by atoms with E-state index in [1.807, 2.05) is 79.3 Å². The second kappa shape index (κ2) is 21.4. The Hall–Kier alpha value is -4.50. The van der Waals surface area contributed by atoms with Gasteiger partial charge in [0.15, 0.2) is 0 Å². The molecule has 2 aliphatic rings. The average molecular weight is 1020 g/mol.